The summed E-state index contributed by atoms with van der Waals surface area (Å²) in [5, 5.41) is 5.57. The van der Waals surface area contributed by atoms with Crippen LogP contribution in [0.25, 0.3) is 10.6 Å². The molecule has 118 valence electrons. The number of nitrogens with zero attached hydrogens (tertiary/aromatic N) is 1. The number of aromatic nitrogens is 1. The van der Waals surface area contributed by atoms with Crippen LogP contribution in [0.15, 0.2) is 35.7 Å². The average molecular weight is 350 g/mol. The number of halogens is 2. The highest BCUT2D eigenvalue weighted by Crippen LogP contribution is 2.29. The first-order valence-corrected chi connectivity index (χ1v) is 8.47. The molecular formula is C16H12F2N2OS2. The molecule has 2 heterocycles. The number of hydrogen-bond acceptors (Lipinski definition) is 4. The molecule has 0 aliphatic carbocycles. The first-order chi connectivity index (χ1) is 11.0. The predicted molar refractivity (Wildman–Crippen MR) is 87.7 cm³/mol. The minimum Gasteiger partial charge on any atom is -0.347 e. The lowest BCUT2D eigenvalue weighted by Gasteiger charge is -2.05. The number of thiazole rings is 1. The number of nitrogens with one attached hydrogen (secondary N) is 1. The molecule has 0 radical (unpaired) electrons. The molecule has 0 spiro atoms. The van der Waals surface area contributed by atoms with E-state index in [1.165, 1.54) is 11.3 Å². The van der Waals surface area contributed by atoms with Crippen LogP contribution in [0.5, 0.6) is 0 Å². The molecule has 1 aromatic carbocycles. The maximum atomic E-state index is 13.5. The highest BCUT2D eigenvalue weighted by Gasteiger charge is 2.13. The third-order valence-electron chi connectivity index (χ3n) is 3.13. The number of amides is 1. The molecule has 0 saturated heterocycles. The normalized spacial score (nSPS) is 10.7. The van der Waals surface area contributed by atoms with Gasteiger partial charge >= 0.3 is 0 Å². The Bertz CT molecular complexity index is 857. The predicted octanol–water partition coefficient (Wildman–Crippen LogP) is 4.39. The van der Waals surface area contributed by atoms with Crippen molar-refractivity contribution in [2.24, 2.45) is 0 Å². The van der Waals surface area contributed by atoms with Crippen molar-refractivity contribution >= 4 is 28.6 Å². The van der Waals surface area contributed by atoms with E-state index in [1.54, 1.807) is 11.3 Å². The van der Waals surface area contributed by atoms with Gasteiger partial charge in [0.15, 0.2) is 0 Å². The Kier molecular flexibility index (Phi) is 4.49. The number of carbonyl (C=O) groups is 1. The van der Waals surface area contributed by atoms with Gasteiger partial charge in [-0.15, -0.1) is 22.7 Å². The summed E-state index contributed by atoms with van der Waals surface area (Å²) in [6, 6.07) is 6.63. The van der Waals surface area contributed by atoms with E-state index >= 15 is 0 Å². The number of rotatable bonds is 4. The molecule has 0 atom stereocenters. The third-order valence-corrected chi connectivity index (χ3v) is 5.01. The van der Waals surface area contributed by atoms with Crippen molar-refractivity contribution in [3.8, 4) is 10.6 Å². The van der Waals surface area contributed by atoms with Gasteiger partial charge in [0, 0.05) is 10.3 Å². The van der Waals surface area contributed by atoms with Gasteiger partial charge < -0.3 is 5.32 Å². The Labute approximate surface area is 139 Å². The molecule has 0 bridgehead atoms. The van der Waals surface area contributed by atoms with E-state index in [-0.39, 0.29) is 12.1 Å². The van der Waals surface area contributed by atoms with Crippen LogP contribution in [-0.4, -0.2) is 10.9 Å². The lowest BCUT2D eigenvalue weighted by atomic mass is 10.2. The number of benzene rings is 1. The highest BCUT2D eigenvalue weighted by atomic mass is 32.1. The summed E-state index contributed by atoms with van der Waals surface area (Å²) in [5.74, 6) is -2.02. The van der Waals surface area contributed by atoms with Gasteiger partial charge in [0.25, 0.3) is 5.91 Å². The van der Waals surface area contributed by atoms with E-state index in [2.05, 4.69) is 10.3 Å². The summed E-state index contributed by atoms with van der Waals surface area (Å²) in [7, 11) is 0. The van der Waals surface area contributed by atoms with Crippen LogP contribution in [0.1, 0.15) is 20.2 Å². The molecule has 2 aromatic heterocycles. The van der Waals surface area contributed by atoms with Gasteiger partial charge in [0.05, 0.1) is 27.7 Å². The third kappa shape index (κ3) is 3.62. The fraction of sp³-hybridized carbons (Fsp3) is 0.125. The SMILES string of the molecule is Cc1nc(-c2ccc(CNC(=O)c3cc(F)ccc3F)s2)cs1. The van der Waals surface area contributed by atoms with Crippen LogP contribution in [0.4, 0.5) is 8.78 Å². The fourth-order valence-electron chi connectivity index (χ4n) is 2.02. The second-order valence-electron chi connectivity index (χ2n) is 4.82. The van der Waals surface area contributed by atoms with Crippen LogP contribution in [-0.2, 0) is 6.54 Å². The molecule has 3 nitrogen and oxygen atoms in total. The summed E-state index contributed by atoms with van der Waals surface area (Å²) >= 11 is 3.08. The molecule has 0 fully saturated rings. The molecule has 3 rings (SSSR count). The van der Waals surface area contributed by atoms with Crippen LogP contribution in [0.3, 0.4) is 0 Å². The van der Waals surface area contributed by atoms with Gasteiger partial charge in [-0.05, 0) is 37.3 Å². The molecule has 23 heavy (non-hydrogen) atoms. The topological polar surface area (TPSA) is 42.0 Å². The van der Waals surface area contributed by atoms with Crippen molar-refractivity contribution < 1.29 is 13.6 Å². The van der Waals surface area contributed by atoms with Crippen molar-refractivity contribution in [2.45, 2.75) is 13.5 Å². The van der Waals surface area contributed by atoms with E-state index in [0.717, 1.165) is 38.7 Å². The van der Waals surface area contributed by atoms with Gasteiger partial charge in [-0.1, -0.05) is 0 Å². The zero-order valence-corrected chi connectivity index (χ0v) is 13.7. The average Bonchev–Trinajstić information content (AvgIpc) is 3.16. The van der Waals surface area contributed by atoms with Crippen molar-refractivity contribution in [1.29, 1.82) is 0 Å². The van der Waals surface area contributed by atoms with Crippen molar-refractivity contribution in [1.82, 2.24) is 10.3 Å². The van der Waals surface area contributed by atoms with E-state index in [9.17, 15) is 13.6 Å². The zero-order chi connectivity index (χ0) is 16.4. The molecule has 0 aliphatic rings. The van der Waals surface area contributed by atoms with Gasteiger partial charge in [-0.25, -0.2) is 13.8 Å². The monoisotopic (exact) mass is 350 g/mol. The molecule has 0 saturated carbocycles. The number of thiophene rings is 1. The molecule has 1 amide bonds. The van der Waals surface area contributed by atoms with Crippen LogP contribution in [0, 0.1) is 18.6 Å². The fourth-order valence-corrected chi connectivity index (χ4v) is 3.62. The molecule has 0 aliphatic heterocycles. The van der Waals surface area contributed by atoms with Gasteiger partial charge in [-0.2, -0.15) is 0 Å². The van der Waals surface area contributed by atoms with Gasteiger partial charge in [-0.3, -0.25) is 4.79 Å². The lowest BCUT2D eigenvalue weighted by Crippen LogP contribution is -2.23. The largest absolute Gasteiger partial charge is 0.347 e. The number of hydrogen-bond donors (Lipinski definition) is 1. The van der Waals surface area contributed by atoms with Crippen LogP contribution >= 0.6 is 22.7 Å². The lowest BCUT2D eigenvalue weighted by molar-refractivity contribution is 0.0946. The highest BCUT2D eigenvalue weighted by molar-refractivity contribution is 7.16. The Balaban J connectivity index is 1.68. The summed E-state index contributed by atoms with van der Waals surface area (Å²) in [6.07, 6.45) is 0. The van der Waals surface area contributed by atoms with E-state index < -0.39 is 17.5 Å². The minimum absolute atomic E-state index is 0.253. The minimum atomic E-state index is -0.742. The van der Waals surface area contributed by atoms with Gasteiger partial charge in [0.1, 0.15) is 11.6 Å². The Hall–Kier alpha value is -2.12. The zero-order valence-electron chi connectivity index (χ0n) is 12.1. The number of carbonyl (C=O) groups excluding carboxylic acids is 1. The summed E-state index contributed by atoms with van der Waals surface area (Å²) in [5.41, 5.74) is 0.614. The summed E-state index contributed by atoms with van der Waals surface area (Å²) in [4.78, 5) is 18.3. The Morgan fingerprint density at radius 1 is 1.26 bits per heavy atom. The maximum Gasteiger partial charge on any atom is 0.254 e. The van der Waals surface area contributed by atoms with Crippen molar-refractivity contribution in [3.63, 3.8) is 0 Å². The Morgan fingerprint density at radius 3 is 2.83 bits per heavy atom. The first kappa shape index (κ1) is 15.8. The first-order valence-electron chi connectivity index (χ1n) is 6.77. The summed E-state index contributed by atoms with van der Waals surface area (Å²) in [6.45, 7) is 2.19. The quantitative estimate of drug-likeness (QED) is 0.758. The van der Waals surface area contributed by atoms with E-state index in [0.29, 0.717) is 0 Å². The molecule has 0 unspecified atom stereocenters. The van der Waals surface area contributed by atoms with E-state index in [1.807, 2.05) is 24.4 Å². The van der Waals surface area contributed by atoms with Crippen LogP contribution < -0.4 is 5.32 Å². The Morgan fingerprint density at radius 2 is 2.09 bits per heavy atom. The molecule has 1 N–H and O–H groups in total. The van der Waals surface area contributed by atoms with Gasteiger partial charge in [0.2, 0.25) is 0 Å². The molecule has 7 heteroatoms. The van der Waals surface area contributed by atoms with Crippen LogP contribution in [0.2, 0.25) is 0 Å². The second-order valence-corrected chi connectivity index (χ2v) is 7.06. The second kappa shape index (κ2) is 6.55. The molecular weight excluding hydrogens is 338 g/mol. The van der Waals surface area contributed by atoms with Crippen molar-refractivity contribution in [3.05, 3.63) is 62.8 Å². The molecule has 3 aromatic rings. The maximum absolute atomic E-state index is 13.5. The standard InChI is InChI=1S/C16H12F2N2OS2/c1-9-20-14(8-22-9)15-5-3-11(23-15)7-19-16(21)12-6-10(17)2-4-13(12)18/h2-6,8H,7H2,1H3,(H,19,21). The van der Waals surface area contributed by atoms with Crippen molar-refractivity contribution in [2.75, 3.05) is 0 Å². The van der Waals surface area contributed by atoms with E-state index in [4.69, 9.17) is 0 Å². The number of aryl methyl sites for hydroxylation is 1. The smallest absolute Gasteiger partial charge is 0.254 e. The summed E-state index contributed by atoms with van der Waals surface area (Å²) < 4.78 is 26.7.